The van der Waals surface area contributed by atoms with E-state index >= 15 is 0 Å². The largest absolute Gasteiger partial charge is 0.490 e. The lowest BCUT2D eigenvalue weighted by Crippen LogP contribution is -2.28. The first-order chi connectivity index (χ1) is 14.1. The number of hydrogen-bond donors (Lipinski definition) is 2. The molecule has 0 aliphatic heterocycles. The molecule has 0 radical (unpaired) electrons. The maximum atomic E-state index is 12.6. The van der Waals surface area contributed by atoms with Crippen LogP contribution in [0.2, 0.25) is 0 Å². The first-order valence-corrected chi connectivity index (χ1v) is 10.4. The number of carbonyl (C=O) groups is 1. The fourth-order valence-electron chi connectivity index (χ4n) is 3.28. The zero-order valence-electron chi connectivity index (χ0n) is 17.5. The van der Waals surface area contributed by atoms with Crippen molar-refractivity contribution >= 4 is 16.8 Å². The molecule has 0 fully saturated rings. The highest BCUT2D eigenvalue weighted by Gasteiger charge is 2.15. The van der Waals surface area contributed by atoms with Crippen molar-refractivity contribution in [1.29, 1.82) is 0 Å². The van der Waals surface area contributed by atoms with Crippen molar-refractivity contribution in [1.82, 2.24) is 10.3 Å². The van der Waals surface area contributed by atoms with E-state index in [1.807, 2.05) is 55.6 Å². The standard InChI is InChI=1S/C24H30N2O3/c1-4-12-28-22-11-10-18(14-23(22)29-13-5-2)17(3)26-24(27)15-19-16-25-21-9-7-6-8-20(19)21/h6-11,14,16-17,25H,4-5,12-13,15H2,1-3H3,(H,26,27). The van der Waals surface area contributed by atoms with Gasteiger partial charge in [-0.05, 0) is 49.1 Å². The minimum Gasteiger partial charge on any atom is -0.490 e. The summed E-state index contributed by atoms with van der Waals surface area (Å²) in [6, 6.07) is 13.8. The van der Waals surface area contributed by atoms with Gasteiger partial charge < -0.3 is 19.8 Å². The van der Waals surface area contributed by atoms with E-state index in [1.54, 1.807) is 0 Å². The Morgan fingerprint density at radius 1 is 1.03 bits per heavy atom. The van der Waals surface area contributed by atoms with Crippen LogP contribution >= 0.6 is 0 Å². The molecule has 154 valence electrons. The van der Waals surface area contributed by atoms with Gasteiger partial charge in [0, 0.05) is 17.1 Å². The number of rotatable bonds is 10. The average Bonchev–Trinajstić information content (AvgIpc) is 3.13. The van der Waals surface area contributed by atoms with E-state index in [0.717, 1.165) is 46.4 Å². The Balaban J connectivity index is 1.68. The molecule has 2 N–H and O–H groups in total. The van der Waals surface area contributed by atoms with Crippen molar-refractivity contribution in [2.45, 2.75) is 46.1 Å². The van der Waals surface area contributed by atoms with Crippen LogP contribution in [0, 0.1) is 0 Å². The predicted molar refractivity (Wildman–Crippen MR) is 117 cm³/mol. The third-order valence-corrected chi connectivity index (χ3v) is 4.79. The molecule has 0 saturated carbocycles. The van der Waals surface area contributed by atoms with E-state index in [-0.39, 0.29) is 11.9 Å². The third-order valence-electron chi connectivity index (χ3n) is 4.79. The Bertz CT molecular complexity index is 948. The van der Waals surface area contributed by atoms with Gasteiger partial charge in [0.1, 0.15) is 0 Å². The van der Waals surface area contributed by atoms with Gasteiger partial charge >= 0.3 is 0 Å². The molecule has 1 unspecified atom stereocenters. The molecular formula is C24H30N2O3. The Kier molecular flexibility index (Phi) is 7.17. The second-order valence-corrected chi connectivity index (χ2v) is 7.23. The number of hydrogen-bond acceptors (Lipinski definition) is 3. The van der Waals surface area contributed by atoms with Crippen LogP contribution in [-0.2, 0) is 11.2 Å². The van der Waals surface area contributed by atoms with Crippen LogP contribution < -0.4 is 14.8 Å². The lowest BCUT2D eigenvalue weighted by Gasteiger charge is -2.18. The summed E-state index contributed by atoms with van der Waals surface area (Å²) in [5.41, 5.74) is 3.04. The topological polar surface area (TPSA) is 63.3 Å². The number of aromatic amines is 1. The van der Waals surface area contributed by atoms with E-state index in [2.05, 4.69) is 24.1 Å². The molecule has 1 atom stereocenters. The monoisotopic (exact) mass is 394 g/mol. The Morgan fingerprint density at radius 2 is 1.76 bits per heavy atom. The molecule has 1 aromatic heterocycles. The lowest BCUT2D eigenvalue weighted by molar-refractivity contribution is -0.121. The summed E-state index contributed by atoms with van der Waals surface area (Å²) in [5, 5.41) is 4.18. The van der Waals surface area contributed by atoms with Crippen molar-refractivity contribution in [3.8, 4) is 11.5 Å². The van der Waals surface area contributed by atoms with Gasteiger partial charge in [-0.25, -0.2) is 0 Å². The van der Waals surface area contributed by atoms with Gasteiger partial charge in [-0.3, -0.25) is 4.79 Å². The summed E-state index contributed by atoms with van der Waals surface area (Å²) in [4.78, 5) is 15.8. The summed E-state index contributed by atoms with van der Waals surface area (Å²) in [6.07, 6.45) is 4.11. The molecule has 1 amide bonds. The number of fused-ring (bicyclic) bond motifs is 1. The van der Waals surface area contributed by atoms with Gasteiger partial charge in [0.2, 0.25) is 5.91 Å². The SMILES string of the molecule is CCCOc1ccc(C(C)NC(=O)Cc2c[nH]c3ccccc23)cc1OCCC. The van der Waals surface area contributed by atoms with Crippen LogP contribution in [0.1, 0.15) is 50.8 Å². The van der Waals surface area contributed by atoms with Crippen molar-refractivity contribution < 1.29 is 14.3 Å². The molecule has 5 heteroatoms. The second-order valence-electron chi connectivity index (χ2n) is 7.23. The van der Waals surface area contributed by atoms with Crippen LogP contribution in [0.4, 0.5) is 0 Å². The average molecular weight is 395 g/mol. The second kappa shape index (κ2) is 10.0. The van der Waals surface area contributed by atoms with E-state index in [9.17, 15) is 4.79 Å². The number of H-pyrrole nitrogens is 1. The van der Waals surface area contributed by atoms with E-state index in [1.165, 1.54) is 0 Å². The van der Waals surface area contributed by atoms with Crippen LogP contribution in [-0.4, -0.2) is 24.1 Å². The van der Waals surface area contributed by atoms with Crippen LogP contribution in [0.25, 0.3) is 10.9 Å². The molecule has 0 aliphatic rings. The summed E-state index contributed by atoms with van der Waals surface area (Å²) in [5.74, 6) is 1.47. The number of nitrogens with one attached hydrogen (secondary N) is 2. The minimum atomic E-state index is -0.128. The van der Waals surface area contributed by atoms with Gasteiger partial charge in [-0.15, -0.1) is 0 Å². The molecule has 3 rings (SSSR count). The molecule has 0 spiro atoms. The summed E-state index contributed by atoms with van der Waals surface area (Å²) < 4.78 is 11.7. The third kappa shape index (κ3) is 5.31. The van der Waals surface area contributed by atoms with Crippen molar-refractivity contribution in [2.75, 3.05) is 13.2 Å². The quantitative estimate of drug-likeness (QED) is 0.499. The van der Waals surface area contributed by atoms with Crippen molar-refractivity contribution in [3.63, 3.8) is 0 Å². The van der Waals surface area contributed by atoms with E-state index < -0.39 is 0 Å². The Morgan fingerprint density at radius 3 is 2.52 bits per heavy atom. The molecule has 5 nitrogen and oxygen atoms in total. The Hall–Kier alpha value is -2.95. The zero-order valence-corrected chi connectivity index (χ0v) is 17.5. The van der Waals surface area contributed by atoms with Crippen LogP contribution in [0.5, 0.6) is 11.5 Å². The van der Waals surface area contributed by atoms with Gasteiger partial charge in [0.05, 0.1) is 25.7 Å². The maximum absolute atomic E-state index is 12.6. The number of benzene rings is 2. The number of para-hydroxylation sites is 1. The van der Waals surface area contributed by atoms with Gasteiger partial charge in [0.15, 0.2) is 11.5 Å². The van der Waals surface area contributed by atoms with Crippen LogP contribution in [0.3, 0.4) is 0 Å². The fraction of sp³-hybridized carbons (Fsp3) is 0.375. The molecule has 1 heterocycles. The minimum absolute atomic E-state index is 0.00964. The van der Waals surface area contributed by atoms with Gasteiger partial charge in [-0.2, -0.15) is 0 Å². The zero-order chi connectivity index (χ0) is 20.6. The Labute approximate surface area is 172 Å². The van der Waals surface area contributed by atoms with Crippen LogP contribution in [0.15, 0.2) is 48.7 Å². The number of amides is 1. The van der Waals surface area contributed by atoms with Crippen molar-refractivity contribution in [2.24, 2.45) is 0 Å². The molecule has 2 aromatic carbocycles. The highest BCUT2D eigenvalue weighted by molar-refractivity contribution is 5.89. The maximum Gasteiger partial charge on any atom is 0.224 e. The number of aromatic nitrogens is 1. The first-order valence-electron chi connectivity index (χ1n) is 10.4. The summed E-state index contributed by atoms with van der Waals surface area (Å²) >= 11 is 0. The number of carbonyl (C=O) groups excluding carboxylic acids is 1. The molecule has 0 bridgehead atoms. The highest BCUT2D eigenvalue weighted by Crippen LogP contribution is 2.31. The summed E-state index contributed by atoms with van der Waals surface area (Å²) in [7, 11) is 0. The normalized spacial score (nSPS) is 12.0. The van der Waals surface area contributed by atoms with Gasteiger partial charge in [-0.1, -0.05) is 38.1 Å². The van der Waals surface area contributed by atoms with Gasteiger partial charge in [0.25, 0.3) is 0 Å². The molecular weight excluding hydrogens is 364 g/mol. The van der Waals surface area contributed by atoms with E-state index in [0.29, 0.717) is 19.6 Å². The predicted octanol–water partition coefficient (Wildman–Crippen LogP) is 5.17. The molecule has 3 aromatic rings. The molecule has 0 aliphatic carbocycles. The first kappa shape index (κ1) is 20.8. The highest BCUT2D eigenvalue weighted by atomic mass is 16.5. The molecule has 29 heavy (non-hydrogen) atoms. The van der Waals surface area contributed by atoms with E-state index in [4.69, 9.17) is 9.47 Å². The smallest absolute Gasteiger partial charge is 0.224 e. The molecule has 0 saturated heterocycles. The number of ether oxygens (including phenoxy) is 2. The van der Waals surface area contributed by atoms with Crippen molar-refractivity contribution in [3.05, 3.63) is 59.8 Å². The summed E-state index contributed by atoms with van der Waals surface area (Å²) in [6.45, 7) is 7.42. The lowest BCUT2D eigenvalue weighted by atomic mass is 10.1. The fourth-order valence-corrected chi connectivity index (χ4v) is 3.28.